The van der Waals surface area contributed by atoms with Gasteiger partial charge in [-0.1, -0.05) is 19.9 Å². The third-order valence-electron chi connectivity index (χ3n) is 4.83. The van der Waals surface area contributed by atoms with Crippen LogP contribution in [0, 0.1) is 11.8 Å². The average molecular weight is 329 g/mol. The summed E-state index contributed by atoms with van der Waals surface area (Å²) in [5, 5.41) is 2.98. The van der Waals surface area contributed by atoms with Gasteiger partial charge in [-0.05, 0) is 42.9 Å². The minimum absolute atomic E-state index is 0.0150. The molecular weight excluding hydrogens is 302 g/mol. The number of benzene rings is 1. The number of rotatable bonds is 4. The van der Waals surface area contributed by atoms with E-state index in [2.05, 4.69) is 24.1 Å². The van der Waals surface area contributed by atoms with E-state index in [0.29, 0.717) is 24.8 Å². The van der Waals surface area contributed by atoms with Gasteiger partial charge in [-0.15, -0.1) is 0 Å². The molecule has 2 aliphatic rings. The molecular formula is C19H27N3O2. The highest BCUT2D eigenvalue weighted by Crippen LogP contribution is 2.24. The Labute approximate surface area is 144 Å². The molecule has 5 nitrogen and oxygen atoms in total. The van der Waals surface area contributed by atoms with Gasteiger partial charge in [0.2, 0.25) is 11.8 Å². The van der Waals surface area contributed by atoms with Crippen LogP contribution in [0.15, 0.2) is 24.3 Å². The molecule has 1 N–H and O–H groups in total. The number of carbonyl (C=O) groups excluding carboxylic acids is 2. The summed E-state index contributed by atoms with van der Waals surface area (Å²) in [6.45, 7) is 7.66. The Morgan fingerprint density at radius 3 is 2.67 bits per heavy atom. The summed E-state index contributed by atoms with van der Waals surface area (Å²) in [5.41, 5.74) is 1.63. The molecule has 130 valence electrons. The molecule has 0 spiro atoms. The molecule has 0 saturated carbocycles. The van der Waals surface area contributed by atoms with Crippen LogP contribution in [0.4, 0.5) is 11.4 Å². The number of amides is 2. The predicted molar refractivity (Wildman–Crippen MR) is 96.0 cm³/mol. The summed E-state index contributed by atoms with van der Waals surface area (Å²) < 4.78 is 0. The zero-order chi connectivity index (χ0) is 17.1. The fourth-order valence-corrected chi connectivity index (χ4v) is 4.00. The first-order chi connectivity index (χ1) is 11.5. The van der Waals surface area contributed by atoms with Crippen LogP contribution >= 0.6 is 0 Å². The van der Waals surface area contributed by atoms with Crippen LogP contribution in [0.1, 0.15) is 33.1 Å². The van der Waals surface area contributed by atoms with Crippen molar-refractivity contribution in [3.8, 4) is 0 Å². The molecule has 5 heteroatoms. The molecule has 0 aromatic heterocycles. The van der Waals surface area contributed by atoms with Crippen molar-refractivity contribution in [2.75, 3.05) is 36.4 Å². The van der Waals surface area contributed by atoms with Gasteiger partial charge in [0, 0.05) is 37.4 Å². The van der Waals surface area contributed by atoms with Crippen LogP contribution in [-0.4, -0.2) is 42.9 Å². The van der Waals surface area contributed by atoms with Gasteiger partial charge in [0.1, 0.15) is 0 Å². The number of carbonyl (C=O) groups is 2. The minimum Gasteiger partial charge on any atom is -0.325 e. The summed E-state index contributed by atoms with van der Waals surface area (Å²) in [7, 11) is 0. The zero-order valence-corrected chi connectivity index (χ0v) is 14.6. The summed E-state index contributed by atoms with van der Waals surface area (Å²) in [6.07, 6.45) is 2.76. The van der Waals surface area contributed by atoms with Gasteiger partial charge < -0.3 is 10.2 Å². The van der Waals surface area contributed by atoms with E-state index in [0.717, 1.165) is 37.4 Å². The van der Waals surface area contributed by atoms with E-state index in [1.54, 1.807) is 4.90 Å². The first-order valence-electron chi connectivity index (χ1n) is 8.94. The molecule has 2 heterocycles. The Morgan fingerprint density at radius 2 is 2.00 bits per heavy atom. The van der Waals surface area contributed by atoms with Gasteiger partial charge in [0.05, 0.1) is 6.54 Å². The lowest BCUT2D eigenvalue weighted by molar-refractivity contribution is -0.118. The number of nitrogens with zero attached hydrogens (tertiary/aromatic N) is 2. The first-order valence-corrected chi connectivity index (χ1v) is 8.94. The highest BCUT2D eigenvalue weighted by molar-refractivity contribution is 5.97. The monoisotopic (exact) mass is 329 g/mol. The maximum absolute atomic E-state index is 12.4. The quantitative estimate of drug-likeness (QED) is 0.924. The van der Waals surface area contributed by atoms with E-state index >= 15 is 0 Å². The van der Waals surface area contributed by atoms with Gasteiger partial charge in [-0.25, -0.2) is 0 Å². The van der Waals surface area contributed by atoms with Crippen molar-refractivity contribution in [3.63, 3.8) is 0 Å². The lowest BCUT2D eigenvalue weighted by atomic mass is 9.92. The third-order valence-corrected chi connectivity index (χ3v) is 4.83. The molecule has 2 saturated heterocycles. The van der Waals surface area contributed by atoms with Crippen LogP contribution in [0.3, 0.4) is 0 Å². The number of piperidine rings is 1. The molecule has 1 aromatic carbocycles. The van der Waals surface area contributed by atoms with Gasteiger partial charge in [-0.3, -0.25) is 14.5 Å². The van der Waals surface area contributed by atoms with Gasteiger partial charge in [0.25, 0.3) is 0 Å². The molecule has 3 rings (SSSR count). The highest BCUT2D eigenvalue weighted by Gasteiger charge is 2.24. The van der Waals surface area contributed by atoms with Crippen molar-refractivity contribution in [1.29, 1.82) is 0 Å². The second-order valence-electron chi connectivity index (χ2n) is 7.39. The van der Waals surface area contributed by atoms with Crippen LogP contribution < -0.4 is 10.2 Å². The Balaban J connectivity index is 1.59. The second-order valence-corrected chi connectivity index (χ2v) is 7.39. The number of hydrogen-bond acceptors (Lipinski definition) is 3. The van der Waals surface area contributed by atoms with Crippen molar-refractivity contribution < 1.29 is 9.59 Å². The third kappa shape index (κ3) is 4.15. The van der Waals surface area contributed by atoms with Crippen LogP contribution in [-0.2, 0) is 9.59 Å². The molecule has 2 aliphatic heterocycles. The van der Waals surface area contributed by atoms with Crippen molar-refractivity contribution in [3.05, 3.63) is 24.3 Å². The number of likely N-dealkylation sites (tertiary alicyclic amines) is 1. The molecule has 0 radical (unpaired) electrons. The maximum atomic E-state index is 12.4. The first kappa shape index (κ1) is 17.0. The van der Waals surface area contributed by atoms with E-state index in [1.807, 2.05) is 24.3 Å². The normalized spacial score (nSPS) is 25.1. The molecule has 1 aromatic rings. The topological polar surface area (TPSA) is 52.7 Å². The van der Waals surface area contributed by atoms with Crippen molar-refractivity contribution in [1.82, 2.24) is 4.90 Å². The smallest absolute Gasteiger partial charge is 0.238 e. The Hall–Kier alpha value is -1.88. The van der Waals surface area contributed by atoms with Crippen LogP contribution in [0.2, 0.25) is 0 Å². The molecule has 2 amide bonds. The summed E-state index contributed by atoms with van der Waals surface area (Å²) in [6, 6.07) is 7.58. The molecule has 0 bridgehead atoms. The van der Waals surface area contributed by atoms with E-state index in [9.17, 15) is 9.59 Å². The predicted octanol–water partition coefficient (Wildman–Crippen LogP) is 2.73. The second kappa shape index (κ2) is 7.34. The molecule has 0 unspecified atom stereocenters. The Kier molecular flexibility index (Phi) is 5.19. The lowest BCUT2D eigenvalue weighted by Crippen LogP contribution is -2.42. The van der Waals surface area contributed by atoms with E-state index < -0.39 is 0 Å². The number of nitrogens with one attached hydrogen (secondary N) is 1. The van der Waals surface area contributed by atoms with Crippen molar-refractivity contribution in [2.24, 2.45) is 11.8 Å². The van der Waals surface area contributed by atoms with Crippen molar-refractivity contribution >= 4 is 23.2 Å². The fourth-order valence-electron chi connectivity index (χ4n) is 4.00. The SMILES string of the molecule is C[C@H]1C[C@H](C)CN(CC(=O)Nc2cccc(N3CCCC3=O)c2)C1. The summed E-state index contributed by atoms with van der Waals surface area (Å²) in [4.78, 5) is 28.3. The zero-order valence-electron chi connectivity index (χ0n) is 14.6. The van der Waals surface area contributed by atoms with Gasteiger partial charge >= 0.3 is 0 Å². The minimum atomic E-state index is 0.0150. The number of hydrogen-bond donors (Lipinski definition) is 1. The fraction of sp³-hybridized carbons (Fsp3) is 0.579. The molecule has 2 atom stereocenters. The number of anilines is 2. The summed E-state index contributed by atoms with van der Waals surface area (Å²) in [5.74, 6) is 1.47. The molecule has 2 fully saturated rings. The molecule has 24 heavy (non-hydrogen) atoms. The van der Waals surface area contributed by atoms with E-state index in [4.69, 9.17) is 0 Å². The summed E-state index contributed by atoms with van der Waals surface area (Å²) >= 11 is 0. The Morgan fingerprint density at radius 1 is 1.25 bits per heavy atom. The van der Waals surface area contributed by atoms with Gasteiger partial charge in [0.15, 0.2) is 0 Å². The lowest BCUT2D eigenvalue weighted by Gasteiger charge is -2.34. The Bertz CT molecular complexity index is 606. The van der Waals surface area contributed by atoms with Crippen LogP contribution in [0.25, 0.3) is 0 Å². The van der Waals surface area contributed by atoms with E-state index in [1.165, 1.54) is 6.42 Å². The largest absolute Gasteiger partial charge is 0.325 e. The highest BCUT2D eigenvalue weighted by atomic mass is 16.2. The van der Waals surface area contributed by atoms with E-state index in [-0.39, 0.29) is 11.8 Å². The van der Waals surface area contributed by atoms with Crippen molar-refractivity contribution in [2.45, 2.75) is 33.1 Å². The molecule has 0 aliphatic carbocycles. The standard InChI is InChI=1S/C19H27N3O2/c1-14-9-15(2)12-21(11-14)13-18(23)20-16-5-3-6-17(10-16)22-8-4-7-19(22)24/h3,5-6,10,14-15H,4,7-9,11-13H2,1-2H3,(H,20,23)/t14-,15-/m0/s1. The average Bonchev–Trinajstić information content (AvgIpc) is 2.92. The van der Waals surface area contributed by atoms with Crippen LogP contribution in [0.5, 0.6) is 0 Å². The maximum Gasteiger partial charge on any atom is 0.238 e. The van der Waals surface area contributed by atoms with Gasteiger partial charge in [-0.2, -0.15) is 0 Å².